The van der Waals surface area contributed by atoms with Crippen molar-refractivity contribution < 1.29 is 19.4 Å². The van der Waals surface area contributed by atoms with E-state index in [0.717, 1.165) is 5.75 Å². The van der Waals surface area contributed by atoms with E-state index in [4.69, 9.17) is 9.84 Å². The molecule has 0 aliphatic carbocycles. The number of carbonyl (C=O) groups is 2. The molecule has 1 amide bonds. The lowest BCUT2D eigenvalue weighted by Crippen LogP contribution is -2.18. The summed E-state index contributed by atoms with van der Waals surface area (Å²) in [7, 11) is 0. The number of nitrogens with zero attached hydrogens (tertiary/aromatic N) is 1. The van der Waals surface area contributed by atoms with Gasteiger partial charge >= 0.3 is 5.97 Å². The van der Waals surface area contributed by atoms with Crippen LogP contribution in [0, 0.1) is 0 Å². The number of nitrogens with one attached hydrogen (secondary N) is 1. The maximum atomic E-state index is 12.3. The highest BCUT2D eigenvalue weighted by Crippen LogP contribution is 2.23. The van der Waals surface area contributed by atoms with E-state index in [-0.39, 0.29) is 12.3 Å². The molecule has 0 saturated heterocycles. The van der Waals surface area contributed by atoms with Crippen molar-refractivity contribution in [2.75, 3.05) is 11.9 Å². The largest absolute Gasteiger partial charge is 0.494 e. The van der Waals surface area contributed by atoms with Crippen LogP contribution in [-0.2, 0) is 16.0 Å². The molecule has 2 N–H and O–H groups in total. The SMILES string of the molecule is CCOc1ccc(NC(=O)[C@H](C)c2nc(CC(=O)O)cs2)cc1. The molecular formula is C16H18N2O4S. The quantitative estimate of drug-likeness (QED) is 0.813. The summed E-state index contributed by atoms with van der Waals surface area (Å²) < 4.78 is 5.35. The van der Waals surface area contributed by atoms with Crippen LogP contribution in [0.25, 0.3) is 0 Å². The van der Waals surface area contributed by atoms with Crippen molar-refractivity contribution in [1.29, 1.82) is 0 Å². The molecule has 0 spiro atoms. The molecule has 1 heterocycles. The first kappa shape index (κ1) is 17.0. The maximum absolute atomic E-state index is 12.3. The van der Waals surface area contributed by atoms with Gasteiger partial charge in [0.15, 0.2) is 0 Å². The molecule has 1 atom stereocenters. The summed E-state index contributed by atoms with van der Waals surface area (Å²) in [6.45, 7) is 4.24. The van der Waals surface area contributed by atoms with Crippen molar-refractivity contribution in [3.8, 4) is 5.75 Å². The van der Waals surface area contributed by atoms with E-state index >= 15 is 0 Å². The maximum Gasteiger partial charge on any atom is 0.309 e. The van der Waals surface area contributed by atoms with Gasteiger partial charge in [0.1, 0.15) is 10.8 Å². The minimum Gasteiger partial charge on any atom is -0.494 e. The van der Waals surface area contributed by atoms with Crippen molar-refractivity contribution >= 4 is 28.9 Å². The zero-order valence-corrected chi connectivity index (χ0v) is 13.7. The molecule has 23 heavy (non-hydrogen) atoms. The Hall–Kier alpha value is -2.41. The number of ether oxygens (including phenoxy) is 1. The van der Waals surface area contributed by atoms with Gasteiger partial charge in [0, 0.05) is 11.1 Å². The van der Waals surface area contributed by atoms with Crippen LogP contribution in [0.15, 0.2) is 29.6 Å². The average molecular weight is 334 g/mol. The van der Waals surface area contributed by atoms with Crippen molar-refractivity contribution in [2.45, 2.75) is 26.2 Å². The van der Waals surface area contributed by atoms with Crippen molar-refractivity contribution in [3.63, 3.8) is 0 Å². The third-order valence-electron chi connectivity index (χ3n) is 3.10. The molecule has 0 unspecified atom stereocenters. The Labute approximate surface area is 138 Å². The Morgan fingerprint density at radius 1 is 1.35 bits per heavy atom. The molecule has 2 aromatic rings. The molecule has 6 nitrogen and oxygen atoms in total. The first-order valence-corrected chi connectivity index (χ1v) is 8.07. The minimum atomic E-state index is -0.937. The number of aromatic nitrogens is 1. The number of carbonyl (C=O) groups excluding carboxylic acids is 1. The predicted molar refractivity (Wildman–Crippen MR) is 88.1 cm³/mol. The highest BCUT2D eigenvalue weighted by atomic mass is 32.1. The van der Waals surface area contributed by atoms with E-state index in [1.807, 2.05) is 6.92 Å². The number of amides is 1. The molecule has 2 rings (SSSR count). The van der Waals surface area contributed by atoms with Crippen LogP contribution in [0.1, 0.15) is 30.5 Å². The smallest absolute Gasteiger partial charge is 0.309 e. The number of thiazole rings is 1. The van der Waals surface area contributed by atoms with Crippen molar-refractivity contribution in [1.82, 2.24) is 4.98 Å². The summed E-state index contributed by atoms with van der Waals surface area (Å²) in [5.74, 6) is -0.829. The summed E-state index contributed by atoms with van der Waals surface area (Å²) in [6.07, 6.45) is -0.135. The van der Waals surface area contributed by atoms with Gasteiger partial charge in [-0.1, -0.05) is 0 Å². The fraction of sp³-hybridized carbons (Fsp3) is 0.312. The zero-order chi connectivity index (χ0) is 16.8. The summed E-state index contributed by atoms with van der Waals surface area (Å²) >= 11 is 1.29. The van der Waals surface area contributed by atoms with Crippen LogP contribution in [0.4, 0.5) is 5.69 Å². The number of hydrogen-bond donors (Lipinski definition) is 2. The number of rotatable bonds is 7. The summed E-state index contributed by atoms with van der Waals surface area (Å²) in [4.78, 5) is 27.1. The lowest BCUT2D eigenvalue weighted by molar-refractivity contribution is -0.136. The van der Waals surface area contributed by atoms with E-state index < -0.39 is 11.9 Å². The zero-order valence-electron chi connectivity index (χ0n) is 12.9. The summed E-state index contributed by atoms with van der Waals surface area (Å²) in [5, 5.41) is 13.8. The fourth-order valence-electron chi connectivity index (χ4n) is 1.92. The first-order chi connectivity index (χ1) is 11.0. The Morgan fingerprint density at radius 3 is 2.65 bits per heavy atom. The topological polar surface area (TPSA) is 88.5 Å². The highest BCUT2D eigenvalue weighted by Gasteiger charge is 2.19. The predicted octanol–water partition coefficient (Wildman–Crippen LogP) is 2.91. The van der Waals surface area contributed by atoms with E-state index in [9.17, 15) is 9.59 Å². The van der Waals surface area contributed by atoms with E-state index in [1.165, 1.54) is 11.3 Å². The van der Waals surface area contributed by atoms with Gasteiger partial charge in [0.25, 0.3) is 0 Å². The van der Waals surface area contributed by atoms with Crippen LogP contribution in [-0.4, -0.2) is 28.6 Å². The number of carboxylic acids is 1. The lowest BCUT2D eigenvalue weighted by Gasteiger charge is -2.10. The second kappa shape index (κ2) is 7.73. The molecule has 0 radical (unpaired) electrons. The van der Waals surface area contributed by atoms with Gasteiger partial charge in [-0.3, -0.25) is 9.59 Å². The van der Waals surface area contributed by atoms with Crippen LogP contribution in [0.3, 0.4) is 0 Å². The molecular weight excluding hydrogens is 316 g/mol. The van der Waals surface area contributed by atoms with Gasteiger partial charge in [-0.15, -0.1) is 11.3 Å². The molecule has 0 saturated carbocycles. The van der Waals surface area contributed by atoms with Crippen molar-refractivity contribution in [3.05, 3.63) is 40.3 Å². The second-order valence-electron chi connectivity index (χ2n) is 4.92. The summed E-state index contributed by atoms with van der Waals surface area (Å²) in [6, 6.07) is 7.12. The van der Waals surface area contributed by atoms with Gasteiger partial charge in [0.2, 0.25) is 5.91 Å². The second-order valence-corrected chi connectivity index (χ2v) is 5.81. The third kappa shape index (κ3) is 4.79. The monoisotopic (exact) mass is 334 g/mol. The molecule has 0 aliphatic rings. The Balaban J connectivity index is 1.99. The standard InChI is InChI=1S/C16H18N2O4S/c1-3-22-13-6-4-11(5-7-13)17-15(21)10(2)16-18-12(9-23-16)8-14(19)20/h4-7,9-10H,3,8H2,1-2H3,(H,17,21)(H,19,20)/t10-/m0/s1. The fourth-order valence-corrected chi connectivity index (χ4v) is 2.80. The van der Waals surface area contributed by atoms with Crippen molar-refractivity contribution in [2.24, 2.45) is 0 Å². The van der Waals surface area contributed by atoms with Crippen LogP contribution < -0.4 is 10.1 Å². The molecule has 0 aliphatic heterocycles. The van der Waals surface area contributed by atoms with E-state index in [1.54, 1.807) is 36.6 Å². The average Bonchev–Trinajstić information content (AvgIpc) is 2.96. The Kier molecular flexibility index (Phi) is 5.70. The van der Waals surface area contributed by atoms with Gasteiger partial charge < -0.3 is 15.2 Å². The normalized spacial score (nSPS) is 11.7. The minimum absolute atomic E-state index is 0.135. The Morgan fingerprint density at radius 2 is 2.04 bits per heavy atom. The first-order valence-electron chi connectivity index (χ1n) is 7.19. The number of aliphatic carboxylic acids is 1. The summed E-state index contributed by atoms with van der Waals surface area (Å²) in [5.41, 5.74) is 1.14. The number of anilines is 1. The molecule has 7 heteroatoms. The molecule has 122 valence electrons. The van der Waals surface area contributed by atoms with E-state index in [2.05, 4.69) is 10.3 Å². The van der Waals surface area contributed by atoms with Crippen LogP contribution in [0.5, 0.6) is 5.75 Å². The molecule has 0 fully saturated rings. The van der Waals surface area contributed by atoms with Crippen LogP contribution >= 0.6 is 11.3 Å². The van der Waals surface area contributed by atoms with Gasteiger partial charge in [0.05, 0.1) is 24.6 Å². The molecule has 1 aromatic carbocycles. The highest BCUT2D eigenvalue weighted by molar-refractivity contribution is 7.09. The van der Waals surface area contributed by atoms with Gasteiger partial charge in [-0.05, 0) is 38.1 Å². The number of benzene rings is 1. The lowest BCUT2D eigenvalue weighted by atomic mass is 10.1. The Bertz CT molecular complexity index is 682. The third-order valence-corrected chi connectivity index (χ3v) is 4.17. The van der Waals surface area contributed by atoms with Gasteiger partial charge in [-0.2, -0.15) is 0 Å². The van der Waals surface area contributed by atoms with Gasteiger partial charge in [-0.25, -0.2) is 4.98 Å². The molecule has 0 bridgehead atoms. The number of carboxylic acid groups (broad SMARTS) is 1. The van der Waals surface area contributed by atoms with E-state index in [0.29, 0.717) is 23.0 Å². The van der Waals surface area contributed by atoms with Crippen LogP contribution in [0.2, 0.25) is 0 Å². The number of hydrogen-bond acceptors (Lipinski definition) is 5. The molecule has 1 aromatic heterocycles.